The molecule has 0 aromatic heterocycles. The van der Waals surface area contributed by atoms with Crippen molar-refractivity contribution in [1.29, 1.82) is 0 Å². The molecular formula is C11H24N2O2. The monoisotopic (exact) mass is 216 g/mol. The summed E-state index contributed by atoms with van der Waals surface area (Å²) in [5, 5.41) is 14.8. The Kier molecular flexibility index (Phi) is 9.52. The van der Waals surface area contributed by atoms with Crippen molar-refractivity contribution in [3.8, 4) is 0 Å². The van der Waals surface area contributed by atoms with Crippen LogP contribution in [-0.2, 0) is 4.79 Å². The van der Waals surface area contributed by atoms with Crippen molar-refractivity contribution in [3.05, 3.63) is 0 Å². The molecule has 0 aromatic carbocycles. The third kappa shape index (κ3) is 9.69. The van der Waals surface area contributed by atoms with Crippen LogP contribution < -0.4 is 10.6 Å². The van der Waals surface area contributed by atoms with Gasteiger partial charge in [-0.05, 0) is 25.3 Å². The van der Waals surface area contributed by atoms with Crippen LogP contribution in [-0.4, -0.2) is 37.3 Å². The molecule has 15 heavy (non-hydrogen) atoms. The maximum Gasteiger partial charge on any atom is 0.221 e. The fourth-order valence-corrected chi connectivity index (χ4v) is 1.24. The molecule has 90 valence electrons. The predicted molar refractivity (Wildman–Crippen MR) is 61.7 cm³/mol. The van der Waals surface area contributed by atoms with E-state index in [9.17, 15) is 4.79 Å². The third-order valence-electron chi connectivity index (χ3n) is 2.29. The minimum absolute atomic E-state index is 0.104. The van der Waals surface area contributed by atoms with E-state index in [0.29, 0.717) is 12.3 Å². The Hall–Kier alpha value is -0.610. The Morgan fingerprint density at radius 1 is 1.40 bits per heavy atom. The van der Waals surface area contributed by atoms with Gasteiger partial charge in [0, 0.05) is 26.1 Å². The predicted octanol–water partition coefficient (Wildman–Crippen LogP) is 0.511. The summed E-state index contributed by atoms with van der Waals surface area (Å²) in [4.78, 5) is 11.2. The standard InChI is InChI=1S/C11H24N2O2/c1-3-12-8-6-11(15)13-7-4-5-10(2)9-14/h10,12,14H,3-9H2,1-2H3,(H,13,15). The lowest BCUT2D eigenvalue weighted by Crippen LogP contribution is -2.28. The van der Waals surface area contributed by atoms with Gasteiger partial charge in [-0.3, -0.25) is 4.79 Å². The van der Waals surface area contributed by atoms with E-state index in [0.717, 1.165) is 32.5 Å². The maximum absolute atomic E-state index is 11.2. The van der Waals surface area contributed by atoms with Gasteiger partial charge in [-0.15, -0.1) is 0 Å². The summed E-state index contributed by atoms with van der Waals surface area (Å²) in [6.45, 7) is 6.63. The van der Waals surface area contributed by atoms with Gasteiger partial charge in [-0.1, -0.05) is 13.8 Å². The molecule has 3 N–H and O–H groups in total. The first-order chi connectivity index (χ1) is 7.20. The van der Waals surface area contributed by atoms with Crippen LogP contribution in [0.5, 0.6) is 0 Å². The van der Waals surface area contributed by atoms with Crippen LogP contribution >= 0.6 is 0 Å². The number of aliphatic hydroxyl groups excluding tert-OH is 1. The number of aliphatic hydroxyl groups is 1. The first-order valence-electron chi connectivity index (χ1n) is 5.79. The molecule has 1 amide bonds. The summed E-state index contributed by atoms with van der Waals surface area (Å²) >= 11 is 0. The largest absolute Gasteiger partial charge is 0.396 e. The molecule has 1 atom stereocenters. The average molecular weight is 216 g/mol. The second-order valence-electron chi connectivity index (χ2n) is 3.88. The second kappa shape index (κ2) is 9.93. The van der Waals surface area contributed by atoms with E-state index in [1.807, 2.05) is 13.8 Å². The summed E-state index contributed by atoms with van der Waals surface area (Å²) < 4.78 is 0. The maximum atomic E-state index is 11.2. The Bertz CT molecular complexity index is 163. The van der Waals surface area contributed by atoms with E-state index in [2.05, 4.69) is 10.6 Å². The molecule has 4 heteroatoms. The summed E-state index contributed by atoms with van der Waals surface area (Å²) in [6.07, 6.45) is 2.45. The third-order valence-corrected chi connectivity index (χ3v) is 2.29. The molecule has 0 saturated carbocycles. The van der Waals surface area contributed by atoms with Crippen LogP contribution in [0.4, 0.5) is 0 Å². The molecule has 0 heterocycles. The highest BCUT2D eigenvalue weighted by molar-refractivity contribution is 5.75. The molecule has 0 saturated heterocycles. The molecule has 0 aromatic rings. The normalized spacial score (nSPS) is 12.5. The van der Waals surface area contributed by atoms with Gasteiger partial charge in [0.15, 0.2) is 0 Å². The topological polar surface area (TPSA) is 61.4 Å². The van der Waals surface area contributed by atoms with E-state index >= 15 is 0 Å². The van der Waals surface area contributed by atoms with E-state index in [-0.39, 0.29) is 12.5 Å². The SMILES string of the molecule is CCNCCC(=O)NCCCC(C)CO. The van der Waals surface area contributed by atoms with Crippen LogP contribution in [0.25, 0.3) is 0 Å². The number of hydrogen-bond acceptors (Lipinski definition) is 3. The minimum atomic E-state index is 0.104. The minimum Gasteiger partial charge on any atom is -0.396 e. The van der Waals surface area contributed by atoms with Crippen LogP contribution in [0.1, 0.15) is 33.1 Å². The number of nitrogens with one attached hydrogen (secondary N) is 2. The van der Waals surface area contributed by atoms with Gasteiger partial charge >= 0.3 is 0 Å². The zero-order valence-corrected chi connectivity index (χ0v) is 9.88. The van der Waals surface area contributed by atoms with Crippen molar-refractivity contribution < 1.29 is 9.90 Å². The van der Waals surface area contributed by atoms with Crippen LogP contribution in [0.3, 0.4) is 0 Å². The van der Waals surface area contributed by atoms with E-state index in [4.69, 9.17) is 5.11 Å². The molecule has 0 rings (SSSR count). The number of carbonyl (C=O) groups is 1. The lowest BCUT2D eigenvalue weighted by molar-refractivity contribution is -0.121. The Morgan fingerprint density at radius 2 is 2.13 bits per heavy atom. The number of hydrogen-bond donors (Lipinski definition) is 3. The lowest BCUT2D eigenvalue weighted by Gasteiger charge is -2.08. The Morgan fingerprint density at radius 3 is 2.73 bits per heavy atom. The zero-order valence-electron chi connectivity index (χ0n) is 9.88. The quantitative estimate of drug-likeness (QED) is 0.492. The van der Waals surface area contributed by atoms with Gasteiger partial charge in [0.05, 0.1) is 0 Å². The van der Waals surface area contributed by atoms with Gasteiger partial charge in [0.1, 0.15) is 0 Å². The van der Waals surface area contributed by atoms with Crippen molar-refractivity contribution in [1.82, 2.24) is 10.6 Å². The lowest BCUT2D eigenvalue weighted by atomic mass is 10.1. The summed E-state index contributed by atoms with van der Waals surface area (Å²) in [5.74, 6) is 0.441. The molecule has 0 aliphatic carbocycles. The molecular weight excluding hydrogens is 192 g/mol. The summed E-state index contributed by atoms with van der Waals surface area (Å²) in [6, 6.07) is 0. The van der Waals surface area contributed by atoms with E-state index < -0.39 is 0 Å². The first kappa shape index (κ1) is 14.4. The average Bonchev–Trinajstić information content (AvgIpc) is 2.24. The highest BCUT2D eigenvalue weighted by Gasteiger charge is 2.01. The highest BCUT2D eigenvalue weighted by atomic mass is 16.3. The number of amides is 1. The molecule has 0 radical (unpaired) electrons. The van der Waals surface area contributed by atoms with Crippen molar-refractivity contribution >= 4 is 5.91 Å². The molecule has 0 fully saturated rings. The van der Waals surface area contributed by atoms with Crippen molar-refractivity contribution in [2.24, 2.45) is 5.92 Å². The van der Waals surface area contributed by atoms with Crippen LogP contribution in [0.15, 0.2) is 0 Å². The van der Waals surface area contributed by atoms with Gasteiger partial charge in [-0.25, -0.2) is 0 Å². The Labute approximate surface area is 92.4 Å². The molecule has 0 spiro atoms. The molecule has 0 bridgehead atoms. The fourth-order valence-electron chi connectivity index (χ4n) is 1.24. The van der Waals surface area contributed by atoms with Crippen LogP contribution in [0.2, 0.25) is 0 Å². The summed E-state index contributed by atoms with van der Waals surface area (Å²) in [7, 11) is 0. The highest BCUT2D eigenvalue weighted by Crippen LogP contribution is 2.02. The van der Waals surface area contributed by atoms with Gasteiger partial charge in [0.25, 0.3) is 0 Å². The fraction of sp³-hybridized carbons (Fsp3) is 0.909. The molecule has 0 aliphatic heterocycles. The van der Waals surface area contributed by atoms with E-state index in [1.54, 1.807) is 0 Å². The smallest absolute Gasteiger partial charge is 0.221 e. The van der Waals surface area contributed by atoms with Crippen LogP contribution in [0, 0.1) is 5.92 Å². The summed E-state index contributed by atoms with van der Waals surface area (Å²) in [5.41, 5.74) is 0. The molecule has 0 aliphatic rings. The second-order valence-corrected chi connectivity index (χ2v) is 3.88. The van der Waals surface area contributed by atoms with Crippen molar-refractivity contribution in [2.75, 3.05) is 26.2 Å². The Balaban J connectivity index is 3.23. The van der Waals surface area contributed by atoms with E-state index in [1.165, 1.54) is 0 Å². The first-order valence-corrected chi connectivity index (χ1v) is 5.79. The molecule has 4 nitrogen and oxygen atoms in total. The van der Waals surface area contributed by atoms with Gasteiger partial charge in [0.2, 0.25) is 5.91 Å². The molecule has 1 unspecified atom stereocenters. The number of rotatable bonds is 9. The van der Waals surface area contributed by atoms with Crippen molar-refractivity contribution in [3.63, 3.8) is 0 Å². The van der Waals surface area contributed by atoms with Gasteiger partial charge in [-0.2, -0.15) is 0 Å². The van der Waals surface area contributed by atoms with Crippen molar-refractivity contribution in [2.45, 2.75) is 33.1 Å². The zero-order chi connectivity index (χ0) is 11.5. The van der Waals surface area contributed by atoms with Gasteiger partial charge < -0.3 is 15.7 Å². The number of carbonyl (C=O) groups excluding carboxylic acids is 1.